The van der Waals surface area contributed by atoms with Crippen LogP contribution in [0.1, 0.15) is 5.69 Å². The molecule has 0 saturated carbocycles. The number of ether oxygens (including phenoxy) is 1. The Morgan fingerprint density at radius 3 is 2.67 bits per heavy atom. The van der Waals surface area contributed by atoms with E-state index in [2.05, 4.69) is 15.6 Å². The highest BCUT2D eigenvalue weighted by Crippen LogP contribution is 2.17. The molecule has 0 radical (unpaired) electrons. The van der Waals surface area contributed by atoms with Gasteiger partial charge in [-0.25, -0.2) is 9.78 Å². The quantitative estimate of drug-likeness (QED) is 0.889. The number of aromatic nitrogens is 1. The number of para-hydroxylation sites is 1. The van der Waals surface area contributed by atoms with Gasteiger partial charge in [0, 0.05) is 24.2 Å². The number of amides is 3. The number of hydrogen-bond acceptors (Lipinski definition) is 5. The number of anilines is 2. The highest BCUT2D eigenvalue weighted by molar-refractivity contribution is 7.13. The number of rotatable bonds is 4. The van der Waals surface area contributed by atoms with Crippen LogP contribution in [0, 0.1) is 0 Å². The Bertz CT molecular complexity index is 698. The second kappa shape index (κ2) is 7.89. The zero-order chi connectivity index (χ0) is 16.8. The third-order valence-electron chi connectivity index (χ3n) is 3.50. The lowest BCUT2D eigenvalue weighted by atomic mass is 10.3. The number of nitrogens with zero attached hydrogens (tertiary/aromatic N) is 2. The lowest BCUT2D eigenvalue weighted by Crippen LogP contribution is -2.41. The number of carbonyl (C=O) groups excluding carboxylic acids is 2. The van der Waals surface area contributed by atoms with Crippen LogP contribution >= 0.6 is 11.3 Å². The Morgan fingerprint density at radius 2 is 1.92 bits per heavy atom. The lowest BCUT2D eigenvalue weighted by Gasteiger charge is -2.26. The molecule has 0 bridgehead atoms. The molecule has 1 saturated heterocycles. The van der Waals surface area contributed by atoms with E-state index in [4.69, 9.17) is 4.74 Å². The SMILES string of the molecule is O=C(Nc1ccccc1)Nc1nc(CC(=O)N2CCOCC2)cs1. The average Bonchev–Trinajstić information content (AvgIpc) is 3.03. The predicted molar refractivity (Wildman–Crippen MR) is 92.3 cm³/mol. The summed E-state index contributed by atoms with van der Waals surface area (Å²) in [6.45, 7) is 2.39. The van der Waals surface area contributed by atoms with Gasteiger partial charge < -0.3 is 15.0 Å². The van der Waals surface area contributed by atoms with Crippen molar-refractivity contribution in [3.63, 3.8) is 0 Å². The minimum atomic E-state index is -0.360. The predicted octanol–water partition coefficient (Wildman–Crippen LogP) is 2.19. The molecule has 2 heterocycles. The largest absolute Gasteiger partial charge is 0.378 e. The van der Waals surface area contributed by atoms with Crippen LogP contribution in [-0.4, -0.2) is 48.1 Å². The van der Waals surface area contributed by atoms with E-state index in [-0.39, 0.29) is 18.4 Å². The van der Waals surface area contributed by atoms with E-state index in [0.717, 1.165) is 0 Å². The first kappa shape index (κ1) is 16.4. The summed E-state index contributed by atoms with van der Waals surface area (Å²) in [4.78, 5) is 30.2. The van der Waals surface area contributed by atoms with Gasteiger partial charge >= 0.3 is 6.03 Å². The van der Waals surface area contributed by atoms with E-state index in [1.807, 2.05) is 18.2 Å². The number of nitrogens with one attached hydrogen (secondary N) is 2. The minimum Gasteiger partial charge on any atom is -0.378 e. The molecular weight excluding hydrogens is 328 g/mol. The first-order chi connectivity index (χ1) is 11.7. The minimum absolute atomic E-state index is 0.0314. The molecule has 8 heteroatoms. The van der Waals surface area contributed by atoms with Crippen LogP contribution in [0.25, 0.3) is 0 Å². The summed E-state index contributed by atoms with van der Waals surface area (Å²) in [5.41, 5.74) is 1.36. The molecular formula is C16H18N4O3S. The average molecular weight is 346 g/mol. The molecule has 1 aromatic heterocycles. The Balaban J connectivity index is 1.51. The van der Waals surface area contributed by atoms with Gasteiger partial charge in [0.15, 0.2) is 5.13 Å². The summed E-state index contributed by atoms with van der Waals surface area (Å²) in [6, 6.07) is 8.80. The van der Waals surface area contributed by atoms with E-state index >= 15 is 0 Å². The number of carbonyl (C=O) groups is 2. The summed E-state index contributed by atoms with van der Waals surface area (Å²) < 4.78 is 5.23. The fourth-order valence-electron chi connectivity index (χ4n) is 2.31. The molecule has 7 nitrogen and oxygen atoms in total. The molecule has 0 atom stereocenters. The van der Waals surface area contributed by atoms with Crippen LogP contribution in [0.2, 0.25) is 0 Å². The second-order valence-electron chi connectivity index (χ2n) is 5.26. The summed E-state index contributed by atoms with van der Waals surface area (Å²) >= 11 is 1.30. The lowest BCUT2D eigenvalue weighted by molar-refractivity contribution is -0.134. The highest BCUT2D eigenvalue weighted by atomic mass is 32.1. The van der Waals surface area contributed by atoms with Crippen LogP contribution in [0.3, 0.4) is 0 Å². The molecule has 3 rings (SSSR count). The Morgan fingerprint density at radius 1 is 1.17 bits per heavy atom. The zero-order valence-corrected chi connectivity index (χ0v) is 13.8. The molecule has 2 N–H and O–H groups in total. The highest BCUT2D eigenvalue weighted by Gasteiger charge is 2.18. The maximum absolute atomic E-state index is 12.2. The number of hydrogen-bond donors (Lipinski definition) is 2. The summed E-state index contributed by atoms with van der Waals surface area (Å²) in [6.07, 6.45) is 0.235. The van der Waals surface area contributed by atoms with Crippen LogP contribution in [0.5, 0.6) is 0 Å². The van der Waals surface area contributed by atoms with Crippen molar-refractivity contribution in [2.45, 2.75) is 6.42 Å². The van der Waals surface area contributed by atoms with Crippen LogP contribution in [0.15, 0.2) is 35.7 Å². The van der Waals surface area contributed by atoms with E-state index in [0.29, 0.717) is 42.8 Å². The summed E-state index contributed by atoms with van der Waals surface area (Å²) in [5.74, 6) is 0.0314. The molecule has 24 heavy (non-hydrogen) atoms. The van der Waals surface area contributed by atoms with Gasteiger partial charge in [-0.2, -0.15) is 0 Å². The zero-order valence-electron chi connectivity index (χ0n) is 13.0. The van der Waals surface area contributed by atoms with Crippen molar-refractivity contribution in [2.24, 2.45) is 0 Å². The Labute approximate surface area is 143 Å². The Hall–Kier alpha value is -2.45. The molecule has 0 unspecified atom stereocenters. The molecule has 2 aromatic rings. The van der Waals surface area contributed by atoms with Gasteiger partial charge in [0.25, 0.3) is 0 Å². The second-order valence-corrected chi connectivity index (χ2v) is 6.12. The van der Waals surface area contributed by atoms with Crippen molar-refractivity contribution in [2.75, 3.05) is 36.9 Å². The summed E-state index contributed by atoms with van der Waals surface area (Å²) in [7, 11) is 0. The number of urea groups is 1. The maximum atomic E-state index is 12.2. The van der Waals surface area contributed by atoms with Crippen molar-refractivity contribution in [3.8, 4) is 0 Å². The van der Waals surface area contributed by atoms with Gasteiger partial charge in [0.1, 0.15) is 0 Å². The van der Waals surface area contributed by atoms with E-state index in [9.17, 15) is 9.59 Å². The molecule has 0 spiro atoms. The van der Waals surface area contributed by atoms with Crippen molar-refractivity contribution in [1.29, 1.82) is 0 Å². The Kier molecular flexibility index (Phi) is 5.39. The van der Waals surface area contributed by atoms with Crippen molar-refractivity contribution in [3.05, 3.63) is 41.4 Å². The number of benzene rings is 1. The van der Waals surface area contributed by atoms with E-state index < -0.39 is 0 Å². The number of thiazole rings is 1. The van der Waals surface area contributed by atoms with Gasteiger partial charge in [0.05, 0.1) is 25.3 Å². The van der Waals surface area contributed by atoms with Crippen LogP contribution < -0.4 is 10.6 Å². The molecule has 0 aliphatic carbocycles. The smallest absolute Gasteiger partial charge is 0.325 e. The molecule has 1 aliphatic rings. The van der Waals surface area contributed by atoms with E-state index in [1.165, 1.54) is 11.3 Å². The van der Waals surface area contributed by atoms with Gasteiger partial charge in [0.2, 0.25) is 5.91 Å². The van der Waals surface area contributed by atoms with Gasteiger partial charge in [-0.3, -0.25) is 10.1 Å². The van der Waals surface area contributed by atoms with Gasteiger partial charge in [-0.05, 0) is 12.1 Å². The topological polar surface area (TPSA) is 83.6 Å². The fraction of sp³-hybridized carbons (Fsp3) is 0.312. The molecule has 1 fully saturated rings. The molecule has 1 aromatic carbocycles. The molecule has 1 aliphatic heterocycles. The van der Waals surface area contributed by atoms with Gasteiger partial charge in [-0.1, -0.05) is 18.2 Å². The van der Waals surface area contributed by atoms with Crippen LogP contribution in [-0.2, 0) is 16.0 Å². The number of morpholine rings is 1. The third-order valence-corrected chi connectivity index (χ3v) is 4.31. The normalized spacial score (nSPS) is 14.2. The standard InChI is InChI=1S/C16H18N4O3S/c21-14(20-6-8-23-9-7-20)10-13-11-24-16(18-13)19-15(22)17-12-4-2-1-3-5-12/h1-5,11H,6-10H2,(H2,17,18,19,22). The van der Waals surface area contributed by atoms with Crippen molar-refractivity contribution in [1.82, 2.24) is 9.88 Å². The van der Waals surface area contributed by atoms with Gasteiger partial charge in [-0.15, -0.1) is 11.3 Å². The monoisotopic (exact) mass is 346 g/mol. The fourth-order valence-corrected chi connectivity index (χ4v) is 3.01. The summed E-state index contributed by atoms with van der Waals surface area (Å²) in [5, 5.41) is 7.65. The van der Waals surface area contributed by atoms with Crippen molar-refractivity contribution >= 4 is 34.1 Å². The molecule has 3 amide bonds. The van der Waals surface area contributed by atoms with E-state index in [1.54, 1.807) is 22.4 Å². The first-order valence-corrected chi connectivity index (χ1v) is 8.51. The third kappa shape index (κ3) is 4.53. The molecule has 126 valence electrons. The first-order valence-electron chi connectivity index (χ1n) is 7.64. The van der Waals surface area contributed by atoms with Crippen LogP contribution in [0.4, 0.5) is 15.6 Å². The maximum Gasteiger partial charge on any atom is 0.325 e. The van der Waals surface area contributed by atoms with Crippen molar-refractivity contribution < 1.29 is 14.3 Å².